The molecule has 1 aliphatic heterocycles. The van der Waals surface area contributed by atoms with E-state index in [0.717, 1.165) is 11.3 Å². The van der Waals surface area contributed by atoms with Crippen LogP contribution in [0, 0.1) is 37.5 Å². The minimum absolute atomic E-state index is 0.0288. The average molecular weight is 307 g/mol. The summed E-state index contributed by atoms with van der Waals surface area (Å²) in [5, 5.41) is 0. The van der Waals surface area contributed by atoms with Gasteiger partial charge in [0.25, 0.3) is 0 Å². The Morgan fingerprint density at radius 3 is 1.96 bits per heavy atom. The molecule has 2 amide bonds. The van der Waals surface area contributed by atoms with E-state index in [4.69, 9.17) is 0 Å². The molecule has 3 aliphatic rings. The van der Waals surface area contributed by atoms with Crippen LogP contribution in [0.3, 0.4) is 0 Å². The van der Waals surface area contributed by atoms with Gasteiger partial charge < -0.3 is 0 Å². The van der Waals surface area contributed by atoms with Crippen LogP contribution in [0.4, 0.5) is 5.69 Å². The van der Waals surface area contributed by atoms with Crippen LogP contribution in [0.25, 0.3) is 0 Å². The van der Waals surface area contributed by atoms with Crippen LogP contribution in [0.1, 0.15) is 25.0 Å². The van der Waals surface area contributed by atoms with E-state index in [1.807, 2.05) is 32.0 Å². The lowest BCUT2D eigenvalue weighted by molar-refractivity contribution is -0.122. The summed E-state index contributed by atoms with van der Waals surface area (Å²) in [4.78, 5) is 27.4. The Labute approximate surface area is 136 Å². The summed E-state index contributed by atoms with van der Waals surface area (Å²) in [5.74, 6) is -0.239. The van der Waals surface area contributed by atoms with Crippen molar-refractivity contribution in [3.63, 3.8) is 0 Å². The number of nitrogens with zero attached hydrogens (tertiary/aromatic N) is 1. The van der Waals surface area contributed by atoms with Gasteiger partial charge in [-0.2, -0.15) is 0 Å². The minimum Gasteiger partial charge on any atom is -0.274 e. The molecule has 2 aliphatic carbocycles. The molecule has 0 radical (unpaired) electrons. The normalized spacial score (nSPS) is 31.3. The van der Waals surface area contributed by atoms with Crippen LogP contribution in [-0.4, -0.2) is 11.8 Å². The van der Waals surface area contributed by atoms with Gasteiger partial charge in [0.1, 0.15) is 0 Å². The molecule has 1 saturated carbocycles. The number of rotatable bonds is 1. The first-order chi connectivity index (χ1) is 10.9. The maximum atomic E-state index is 13.0. The van der Waals surface area contributed by atoms with Crippen LogP contribution in [0.2, 0.25) is 0 Å². The third-order valence-electron chi connectivity index (χ3n) is 5.74. The van der Waals surface area contributed by atoms with E-state index in [9.17, 15) is 9.59 Å². The van der Waals surface area contributed by atoms with Crippen LogP contribution >= 0.6 is 0 Å². The van der Waals surface area contributed by atoms with Crippen LogP contribution < -0.4 is 4.90 Å². The van der Waals surface area contributed by atoms with Gasteiger partial charge in [-0.3, -0.25) is 9.59 Å². The van der Waals surface area contributed by atoms with E-state index in [1.165, 1.54) is 21.6 Å². The van der Waals surface area contributed by atoms with E-state index >= 15 is 0 Å². The van der Waals surface area contributed by atoms with E-state index in [-0.39, 0.29) is 35.5 Å². The van der Waals surface area contributed by atoms with Gasteiger partial charge >= 0.3 is 0 Å². The van der Waals surface area contributed by atoms with E-state index in [2.05, 4.69) is 26.0 Å². The highest BCUT2D eigenvalue weighted by Gasteiger charge is 2.61. The van der Waals surface area contributed by atoms with Crippen molar-refractivity contribution in [2.45, 2.75) is 27.7 Å². The summed E-state index contributed by atoms with van der Waals surface area (Å²) in [5.41, 5.74) is 5.53. The number of fused-ring (bicyclic) bond motifs is 5. The zero-order valence-electron chi connectivity index (χ0n) is 14.0. The van der Waals surface area contributed by atoms with Crippen molar-refractivity contribution < 1.29 is 9.59 Å². The number of carbonyl (C=O) groups is 2. The number of aryl methyl sites for hydroxylation is 2. The summed E-state index contributed by atoms with van der Waals surface area (Å²) in [7, 11) is 0. The van der Waals surface area contributed by atoms with Gasteiger partial charge in [-0.25, -0.2) is 4.90 Å². The highest BCUT2D eigenvalue weighted by molar-refractivity contribution is 6.23. The summed E-state index contributed by atoms with van der Waals surface area (Å²) in [6.07, 6.45) is 4.26. The number of carbonyl (C=O) groups excluding carboxylic acids is 2. The monoisotopic (exact) mass is 307 g/mol. The van der Waals surface area contributed by atoms with Crippen molar-refractivity contribution in [3.05, 3.63) is 52.6 Å². The van der Waals surface area contributed by atoms with E-state index in [1.54, 1.807) is 0 Å². The fourth-order valence-corrected chi connectivity index (χ4v) is 4.55. The van der Waals surface area contributed by atoms with Crippen molar-refractivity contribution >= 4 is 17.5 Å². The van der Waals surface area contributed by atoms with Crippen molar-refractivity contribution in [2.75, 3.05) is 4.90 Å². The Morgan fingerprint density at radius 1 is 0.913 bits per heavy atom. The topological polar surface area (TPSA) is 37.4 Å². The van der Waals surface area contributed by atoms with Crippen molar-refractivity contribution in [2.24, 2.45) is 23.7 Å². The van der Waals surface area contributed by atoms with Gasteiger partial charge in [-0.1, -0.05) is 29.4 Å². The molecule has 0 spiro atoms. The smallest absolute Gasteiger partial charge is 0.238 e. The molecule has 2 bridgehead atoms. The molecule has 1 heterocycles. The molecule has 0 N–H and O–H groups in total. The summed E-state index contributed by atoms with van der Waals surface area (Å²) in [6.45, 7) is 8.21. The number of amides is 2. The number of hydrogen-bond acceptors (Lipinski definition) is 2. The molecule has 0 aromatic heterocycles. The Balaban J connectivity index is 1.77. The quantitative estimate of drug-likeness (QED) is 0.587. The lowest BCUT2D eigenvalue weighted by Gasteiger charge is -2.20. The molecular weight excluding hydrogens is 286 g/mol. The number of imide groups is 1. The molecule has 3 heteroatoms. The van der Waals surface area contributed by atoms with Gasteiger partial charge in [-0.15, -0.1) is 0 Å². The molecular formula is C20H21NO2. The highest BCUT2D eigenvalue weighted by atomic mass is 16.2. The largest absolute Gasteiger partial charge is 0.274 e. The standard InChI is InChI=1S/C20H21NO2/c1-10(2)16-14-7-8-15(16)18-17(14)19(22)21(20(18)23)13-6-5-11(3)12(4)9-13/h5-9,14-15,17-18H,1-4H3/t14-,15+,17+,18-. The van der Waals surface area contributed by atoms with Gasteiger partial charge in [0, 0.05) is 11.8 Å². The third kappa shape index (κ3) is 1.76. The second-order valence-electron chi connectivity index (χ2n) is 7.22. The van der Waals surface area contributed by atoms with Crippen LogP contribution in [0.15, 0.2) is 41.5 Å². The van der Waals surface area contributed by atoms with Gasteiger partial charge in [-0.05, 0) is 51.0 Å². The maximum Gasteiger partial charge on any atom is 0.238 e. The summed E-state index contributed by atoms with van der Waals surface area (Å²) >= 11 is 0. The Kier molecular flexibility index (Phi) is 2.93. The molecule has 4 rings (SSSR count). The second-order valence-corrected chi connectivity index (χ2v) is 7.22. The predicted octanol–water partition coefficient (Wildman–Crippen LogP) is 3.56. The molecule has 2 fully saturated rings. The minimum atomic E-state index is -0.205. The van der Waals surface area contributed by atoms with Crippen molar-refractivity contribution in [1.82, 2.24) is 0 Å². The van der Waals surface area contributed by atoms with Crippen LogP contribution in [0.5, 0.6) is 0 Å². The number of allylic oxidation sites excluding steroid dienone is 4. The molecule has 4 atom stereocenters. The van der Waals surface area contributed by atoms with Gasteiger partial charge in [0.2, 0.25) is 11.8 Å². The third-order valence-corrected chi connectivity index (χ3v) is 5.74. The van der Waals surface area contributed by atoms with E-state index in [0.29, 0.717) is 0 Å². The lowest BCUT2D eigenvalue weighted by Crippen LogP contribution is -2.33. The number of anilines is 1. The van der Waals surface area contributed by atoms with Crippen molar-refractivity contribution in [1.29, 1.82) is 0 Å². The molecule has 1 saturated heterocycles. The fraction of sp³-hybridized carbons (Fsp3) is 0.400. The number of benzene rings is 1. The molecule has 0 unspecified atom stereocenters. The summed E-state index contributed by atoms with van der Waals surface area (Å²) < 4.78 is 0. The second kappa shape index (κ2) is 4.67. The van der Waals surface area contributed by atoms with E-state index < -0.39 is 0 Å². The first kappa shape index (κ1) is 14.4. The van der Waals surface area contributed by atoms with Crippen LogP contribution in [-0.2, 0) is 9.59 Å². The first-order valence-corrected chi connectivity index (χ1v) is 8.22. The maximum absolute atomic E-state index is 13.0. The predicted molar refractivity (Wildman–Crippen MR) is 89.9 cm³/mol. The first-order valence-electron chi connectivity index (χ1n) is 8.22. The zero-order chi connectivity index (χ0) is 16.5. The number of hydrogen-bond donors (Lipinski definition) is 0. The molecule has 1 aromatic rings. The highest BCUT2D eigenvalue weighted by Crippen LogP contribution is 2.57. The Bertz CT molecular complexity index is 764. The lowest BCUT2D eigenvalue weighted by atomic mass is 9.85. The van der Waals surface area contributed by atoms with Crippen molar-refractivity contribution in [3.8, 4) is 0 Å². The Hall–Kier alpha value is -2.16. The Morgan fingerprint density at radius 2 is 1.48 bits per heavy atom. The van der Waals surface area contributed by atoms with Gasteiger partial charge in [0.15, 0.2) is 0 Å². The van der Waals surface area contributed by atoms with Gasteiger partial charge in [0.05, 0.1) is 17.5 Å². The fourth-order valence-electron chi connectivity index (χ4n) is 4.55. The molecule has 3 nitrogen and oxygen atoms in total. The molecule has 23 heavy (non-hydrogen) atoms. The summed E-state index contributed by atoms with van der Waals surface area (Å²) in [6, 6.07) is 5.81. The average Bonchev–Trinajstić information content (AvgIpc) is 3.13. The SMILES string of the molecule is CC(C)=C1[C@H]2C=C[C@@H]1[C@H]1C(=O)N(c3ccc(C)c(C)c3)C(=O)[C@H]12. The zero-order valence-corrected chi connectivity index (χ0v) is 14.0. The molecule has 118 valence electrons. The molecule has 1 aromatic carbocycles.